The van der Waals surface area contributed by atoms with Gasteiger partial charge in [0.15, 0.2) is 9.84 Å². The molecule has 0 amide bonds. The van der Waals surface area contributed by atoms with Crippen molar-refractivity contribution in [3.8, 4) is 0 Å². The van der Waals surface area contributed by atoms with E-state index >= 15 is 0 Å². The normalized spacial score (nSPS) is 14.6. The average Bonchev–Trinajstić information content (AvgIpc) is 2.09. The van der Waals surface area contributed by atoms with Gasteiger partial charge < -0.3 is 10.1 Å². The summed E-state index contributed by atoms with van der Waals surface area (Å²) in [5.41, 5.74) is -0.660. The smallest absolute Gasteiger partial charge is 0.321 e. The van der Waals surface area contributed by atoms with Crippen molar-refractivity contribution in [2.75, 3.05) is 18.6 Å². The largest absolute Gasteiger partial charge is 0.459 e. The maximum absolute atomic E-state index is 11.9. The SMILES string of the molecule is CNC(CS(=O)(=O)CC(=O)OC(C)(C)C)C(C)C. The first-order valence-electron chi connectivity index (χ1n) is 6.06. The molecule has 0 heterocycles. The molecule has 0 spiro atoms. The Morgan fingerprint density at radius 2 is 1.78 bits per heavy atom. The second kappa shape index (κ2) is 6.52. The number of hydrogen-bond acceptors (Lipinski definition) is 5. The molecule has 5 nitrogen and oxygen atoms in total. The molecule has 0 aromatic heterocycles. The Hall–Kier alpha value is -0.620. The third-order valence-corrected chi connectivity index (χ3v) is 3.91. The van der Waals surface area contributed by atoms with Crippen LogP contribution in [0.25, 0.3) is 0 Å². The Labute approximate surface area is 110 Å². The summed E-state index contributed by atoms with van der Waals surface area (Å²) in [5.74, 6) is -1.13. The molecule has 0 aliphatic carbocycles. The van der Waals surface area contributed by atoms with Gasteiger partial charge >= 0.3 is 5.97 Å². The maximum atomic E-state index is 11.9. The molecule has 0 saturated carbocycles. The van der Waals surface area contributed by atoms with Gasteiger partial charge in [-0.05, 0) is 33.7 Å². The van der Waals surface area contributed by atoms with Gasteiger partial charge in [-0.25, -0.2) is 8.42 Å². The average molecular weight is 279 g/mol. The fraction of sp³-hybridized carbons (Fsp3) is 0.917. The van der Waals surface area contributed by atoms with Crippen molar-refractivity contribution in [2.24, 2.45) is 5.92 Å². The van der Waals surface area contributed by atoms with Crippen LogP contribution in [-0.4, -0.2) is 44.6 Å². The van der Waals surface area contributed by atoms with Gasteiger partial charge in [0.2, 0.25) is 0 Å². The van der Waals surface area contributed by atoms with Gasteiger partial charge in [0, 0.05) is 6.04 Å². The van der Waals surface area contributed by atoms with Crippen molar-refractivity contribution in [3.63, 3.8) is 0 Å². The van der Waals surface area contributed by atoms with Gasteiger partial charge in [0.25, 0.3) is 0 Å². The summed E-state index contributed by atoms with van der Waals surface area (Å²) in [7, 11) is -1.73. The van der Waals surface area contributed by atoms with Crippen LogP contribution < -0.4 is 5.32 Å². The van der Waals surface area contributed by atoms with Gasteiger partial charge in [-0.1, -0.05) is 13.8 Å². The van der Waals surface area contributed by atoms with Crippen LogP contribution in [0.5, 0.6) is 0 Å². The van der Waals surface area contributed by atoms with E-state index in [0.29, 0.717) is 0 Å². The lowest BCUT2D eigenvalue weighted by Crippen LogP contribution is -2.39. The van der Waals surface area contributed by atoms with Gasteiger partial charge in [-0.2, -0.15) is 0 Å². The monoisotopic (exact) mass is 279 g/mol. The first-order chi connectivity index (χ1) is 7.97. The van der Waals surface area contributed by atoms with E-state index in [1.165, 1.54) is 0 Å². The first kappa shape index (κ1) is 17.4. The lowest BCUT2D eigenvalue weighted by atomic mass is 10.1. The Kier molecular flexibility index (Phi) is 6.29. The standard InChI is InChI=1S/C12H25NO4S/c1-9(2)10(13-6)7-18(15,16)8-11(14)17-12(3,4)5/h9-10,13H,7-8H2,1-6H3. The summed E-state index contributed by atoms with van der Waals surface area (Å²) in [6.45, 7) is 9.00. The summed E-state index contributed by atoms with van der Waals surface area (Å²) in [6.07, 6.45) is 0. The molecule has 0 aromatic rings. The van der Waals surface area contributed by atoms with Crippen molar-refractivity contribution in [2.45, 2.75) is 46.3 Å². The highest BCUT2D eigenvalue weighted by atomic mass is 32.2. The summed E-state index contributed by atoms with van der Waals surface area (Å²) in [4.78, 5) is 11.5. The van der Waals surface area contributed by atoms with E-state index in [1.807, 2.05) is 13.8 Å². The third kappa shape index (κ3) is 7.66. The molecule has 6 heteroatoms. The Morgan fingerprint density at radius 1 is 1.28 bits per heavy atom. The number of esters is 1. The predicted molar refractivity (Wildman–Crippen MR) is 72.2 cm³/mol. The van der Waals surface area contributed by atoms with E-state index in [0.717, 1.165) is 0 Å². The van der Waals surface area contributed by atoms with Crippen LogP contribution in [0.1, 0.15) is 34.6 Å². The summed E-state index contributed by atoms with van der Waals surface area (Å²) < 4.78 is 28.7. The molecule has 0 fully saturated rings. The van der Waals surface area contributed by atoms with Crippen molar-refractivity contribution in [1.29, 1.82) is 0 Å². The molecule has 0 saturated heterocycles. The third-order valence-electron chi connectivity index (χ3n) is 2.37. The van der Waals surface area contributed by atoms with Crippen molar-refractivity contribution >= 4 is 15.8 Å². The fourth-order valence-corrected chi connectivity index (χ4v) is 3.13. The number of ether oxygens (including phenoxy) is 1. The number of hydrogen-bond donors (Lipinski definition) is 1. The van der Waals surface area contributed by atoms with Crippen molar-refractivity contribution in [1.82, 2.24) is 5.32 Å². The molecule has 18 heavy (non-hydrogen) atoms. The van der Waals surface area contributed by atoms with E-state index in [4.69, 9.17) is 4.74 Å². The lowest BCUT2D eigenvalue weighted by molar-refractivity contribution is -0.151. The van der Waals surface area contributed by atoms with E-state index < -0.39 is 27.2 Å². The summed E-state index contributed by atoms with van der Waals surface area (Å²) in [6, 6.07) is -0.155. The topological polar surface area (TPSA) is 72.5 Å². The Bertz CT molecular complexity index is 368. The highest BCUT2D eigenvalue weighted by molar-refractivity contribution is 7.92. The molecule has 1 N–H and O–H groups in total. The summed E-state index contributed by atoms with van der Waals surface area (Å²) in [5, 5.41) is 2.95. The fourth-order valence-electron chi connectivity index (χ4n) is 1.49. The van der Waals surface area contributed by atoms with Crippen molar-refractivity contribution in [3.05, 3.63) is 0 Å². The molecule has 108 valence electrons. The minimum atomic E-state index is -3.45. The highest BCUT2D eigenvalue weighted by Crippen LogP contribution is 2.10. The Balaban J connectivity index is 4.53. The lowest BCUT2D eigenvalue weighted by Gasteiger charge is -2.21. The number of sulfone groups is 1. The first-order valence-corrected chi connectivity index (χ1v) is 7.88. The molecule has 0 rings (SSSR count). The second-order valence-electron chi connectivity index (χ2n) is 5.78. The predicted octanol–water partition coefficient (Wildman–Crippen LogP) is 0.987. The second-order valence-corrected chi connectivity index (χ2v) is 7.89. The zero-order chi connectivity index (χ0) is 14.6. The molecule has 0 bridgehead atoms. The quantitative estimate of drug-likeness (QED) is 0.734. The van der Waals surface area contributed by atoms with Crippen LogP contribution >= 0.6 is 0 Å². The Morgan fingerprint density at radius 3 is 2.11 bits per heavy atom. The molecule has 0 radical (unpaired) electrons. The van der Waals surface area contributed by atoms with Crippen LogP contribution in [0.15, 0.2) is 0 Å². The van der Waals surface area contributed by atoms with E-state index in [1.54, 1.807) is 27.8 Å². The zero-order valence-electron chi connectivity index (χ0n) is 12.1. The van der Waals surface area contributed by atoms with Gasteiger partial charge in [0.05, 0.1) is 5.75 Å². The molecule has 1 unspecified atom stereocenters. The van der Waals surface area contributed by atoms with Crippen LogP contribution in [0.4, 0.5) is 0 Å². The minimum absolute atomic E-state index is 0.0551. The van der Waals surface area contributed by atoms with Gasteiger partial charge in [-0.3, -0.25) is 4.79 Å². The zero-order valence-corrected chi connectivity index (χ0v) is 12.9. The summed E-state index contributed by atoms with van der Waals surface area (Å²) >= 11 is 0. The molecule has 0 aliphatic rings. The van der Waals surface area contributed by atoms with E-state index in [-0.39, 0.29) is 17.7 Å². The van der Waals surface area contributed by atoms with E-state index in [2.05, 4.69) is 5.32 Å². The number of rotatable bonds is 6. The number of nitrogens with one attached hydrogen (secondary N) is 1. The highest BCUT2D eigenvalue weighted by Gasteiger charge is 2.26. The van der Waals surface area contributed by atoms with Crippen LogP contribution in [0, 0.1) is 5.92 Å². The van der Waals surface area contributed by atoms with Crippen molar-refractivity contribution < 1.29 is 17.9 Å². The molecule has 1 atom stereocenters. The van der Waals surface area contributed by atoms with Gasteiger partial charge in [-0.15, -0.1) is 0 Å². The van der Waals surface area contributed by atoms with Crippen LogP contribution in [-0.2, 0) is 19.4 Å². The van der Waals surface area contributed by atoms with Crippen LogP contribution in [0.2, 0.25) is 0 Å². The molecule has 0 aliphatic heterocycles. The van der Waals surface area contributed by atoms with Gasteiger partial charge in [0.1, 0.15) is 11.4 Å². The number of carbonyl (C=O) groups is 1. The number of carbonyl (C=O) groups excluding carboxylic acids is 1. The van der Waals surface area contributed by atoms with E-state index in [9.17, 15) is 13.2 Å². The minimum Gasteiger partial charge on any atom is -0.459 e. The molecular formula is C12H25NO4S. The van der Waals surface area contributed by atoms with Crippen LogP contribution in [0.3, 0.4) is 0 Å². The molecular weight excluding hydrogens is 254 g/mol. The maximum Gasteiger partial charge on any atom is 0.321 e. The molecule has 0 aromatic carbocycles.